The van der Waals surface area contributed by atoms with E-state index in [4.69, 9.17) is 0 Å². The quantitative estimate of drug-likeness (QED) is 0.847. The monoisotopic (exact) mass is 372 g/mol. The third kappa shape index (κ3) is 5.04. The van der Waals surface area contributed by atoms with Gasteiger partial charge in [0, 0.05) is 19.2 Å². The molecular formula is C16H15F3N2O3S. The van der Waals surface area contributed by atoms with Crippen LogP contribution in [-0.2, 0) is 27.5 Å². The number of hydrogen-bond donors (Lipinski definition) is 2. The SMILES string of the molecule is CC(=O)Nc1ccc(CNS(=O)(=O)c2ccccc2C(F)(F)F)cc1. The molecule has 0 spiro atoms. The highest BCUT2D eigenvalue weighted by Gasteiger charge is 2.36. The number of anilines is 1. The number of nitrogens with one attached hydrogen (secondary N) is 2. The minimum Gasteiger partial charge on any atom is -0.326 e. The van der Waals surface area contributed by atoms with Crippen LogP contribution in [-0.4, -0.2) is 14.3 Å². The van der Waals surface area contributed by atoms with E-state index < -0.39 is 26.7 Å². The van der Waals surface area contributed by atoms with Crippen molar-refractivity contribution < 1.29 is 26.4 Å². The first kappa shape index (κ1) is 18.9. The van der Waals surface area contributed by atoms with Crippen molar-refractivity contribution in [2.45, 2.75) is 24.5 Å². The van der Waals surface area contributed by atoms with E-state index in [0.29, 0.717) is 11.3 Å². The van der Waals surface area contributed by atoms with Gasteiger partial charge in [-0.05, 0) is 29.8 Å². The van der Waals surface area contributed by atoms with Crippen LogP contribution in [0.15, 0.2) is 53.4 Å². The zero-order chi connectivity index (χ0) is 18.7. The third-order valence-electron chi connectivity index (χ3n) is 3.22. The molecule has 0 saturated heterocycles. The summed E-state index contributed by atoms with van der Waals surface area (Å²) in [6, 6.07) is 10.2. The van der Waals surface area contributed by atoms with Gasteiger partial charge in [-0.3, -0.25) is 4.79 Å². The normalized spacial score (nSPS) is 12.0. The molecule has 0 atom stereocenters. The average molecular weight is 372 g/mol. The molecule has 0 aliphatic heterocycles. The Morgan fingerprint density at radius 1 is 1.04 bits per heavy atom. The lowest BCUT2D eigenvalue weighted by molar-refractivity contribution is -0.139. The molecule has 0 aliphatic rings. The van der Waals surface area contributed by atoms with Crippen molar-refractivity contribution in [1.82, 2.24) is 4.72 Å². The van der Waals surface area contributed by atoms with Crippen LogP contribution >= 0.6 is 0 Å². The number of carbonyl (C=O) groups is 1. The van der Waals surface area contributed by atoms with Crippen LogP contribution in [0.3, 0.4) is 0 Å². The molecule has 0 aliphatic carbocycles. The lowest BCUT2D eigenvalue weighted by Crippen LogP contribution is -2.26. The molecule has 1 amide bonds. The molecule has 2 aromatic carbocycles. The minimum absolute atomic E-state index is 0.186. The third-order valence-corrected chi connectivity index (χ3v) is 4.68. The van der Waals surface area contributed by atoms with Gasteiger partial charge in [0.05, 0.1) is 10.5 Å². The van der Waals surface area contributed by atoms with Crippen molar-refractivity contribution in [3.05, 3.63) is 59.7 Å². The molecule has 9 heteroatoms. The number of benzene rings is 2. The van der Waals surface area contributed by atoms with Crippen molar-refractivity contribution in [3.8, 4) is 0 Å². The summed E-state index contributed by atoms with van der Waals surface area (Å²) in [5, 5.41) is 2.55. The van der Waals surface area contributed by atoms with Crippen LogP contribution in [0.2, 0.25) is 0 Å². The predicted molar refractivity (Wildman–Crippen MR) is 86.2 cm³/mol. The maximum absolute atomic E-state index is 13.0. The van der Waals surface area contributed by atoms with Crippen LogP contribution in [0.5, 0.6) is 0 Å². The average Bonchev–Trinajstić information content (AvgIpc) is 2.53. The number of halogens is 3. The fourth-order valence-electron chi connectivity index (χ4n) is 2.10. The zero-order valence-corrected chi connectivity index (χ0v) is 13.9. The van der Waals surface area contributed by atoms with E-state index in [9.17, 15) is 26.4 Å². The summed E-state index contributed by atoms with van der Waals surface area (Å²) >= 11 is 0. The van der Waals surface area contributed by atoms with Crippen molar-refractivity contribution in [2.24, 2.45) is 0 Å². The predicted octanol–water partition coefficient (Wildman–Crippen LogP) is 3.14. The summed E-state index contributed by atoms with van der Waals surface area (Å²) in [6.45, 7) is 1.16. The fraction of sp³-hybridized carbons (Fsp3) is 0.188. The number of hydrogen-bond acceptors (Lipinski definition) is 3. The number of sulfonamides is 1. The Labute approximate surface area is 142 Å². The van der Waals surface area contributed by atoms with Crippen LogP contribution in [0, 0.1) is 0 Å². The van der Waals surface area contributed by atoms with E-state index >= 15 is 0 Å². The summed E-state index contributed by atoms with van der Waals surface area (Å²) in [5.41, 5.74) is -0.160. The fourth-order valence-corrected chi connectivity index (χ4v) is 3.34. The summed E-state index contributed by atoms with van der Waals surface area (Å²) in [4.78, 5) is 10.1. The van der Waals surface area contributed by atoms with E-state index in [1.807, 2.05) is 0 Å². The Kier molecular flexibility index (Phi) is 5.48. The highest BCUT2D eigenvalue weighted by atomic mass is 32.2. The second-order valence-electron chi connectivity index (χ2n) is 5.20. The maximum atomic E-state index is 13.0. The van der Waals surface area contributed by atoms with Gasteiger partial charge in [-0.25, -0.2) is 13.1 Å². The first-order valence-electron chi connectivity index (χ1n) is 7.12. The summed E-state index contributed by atoms with van der Waals surface area (Å²) in [5.74, 6) is -0.253. The number of amides is 1. The second kappa shape index (κ2) is 7.24. The van der Waals surface area contributed by atoms with Crippen molar-refractivity contribution >= 4 is 21.6 Å². The van der Waals surface area contributed by atoms with Crippen molar-refractivity contribution in [2.75, 3.05) is 5.32 Å². The summed E-state index contributed by atoms with van der Waals surface area (Å²) in [7, 11) is -4.34. The summed E-state index contributed by atoms with van der Waals surface area (Å²) < 4.78 is 65.5. The Hall–Kier alpha value is -2.39. The lowest BCUT2D eigenvalue weighted by atomic mass is 10.2. The van der Waals surface area contributed by atoms with E-state index in [1.54, 1.807) is 24.3 Å². The first-order chi connectivity index (χ1) is 11.6. The Morgan fingerprint density at radius 2 is 1.64 bits per heavy atom. The molecule has 0 unspecified atom stereocenters. The lowest BCUT2D eigenvalue weighted by Gasteiger charge is -2.14. The largest absolute Gasteiger partial charge is 0.417 e. The molecule has 2 N–H and O–H groups in total. The molecule has 25 heavy (non-hydrogen) atoms. The van der Waals surface area contributed by atoms with Crippen molar-refractivity contribution in [3.63, 3.8) is 0 Å². The van der Waals surface area contributed by atoms with Gasteiger partial charge >= 0.3 is 6.18 Å². The second-order valence-corrected chi connectivity index (χ2v) is 6.93. The van der Waals surface area contributed by atoms with Crippen LogP contribution in [0.1, 0.15) is 18.1 Å². The van der Waals surface area contributed by atoms with Gasteiger partial charge < -0.3 is 5.32 Å². The Balaban J connectivity index is 2.16. The van der Waals surface area contributed by atoms with Crippen LogP contribution in [0.25, 0.3) is 0 Å². The molecule has 0 bridgehead atoms. The van der Waals surface area contributed by atoms with Gasteiger partial charge in [-0.15, -0.1) is 0 Å². The zero-order valence-electron chi connectivity index (χ0n) is 13.1. The van der Waals surface area contributed by atoms with E-state index in [0.717, 1.165) is 18.2 Å². The highest BCUT2D eigenvalue weighted by molar-refractivity contribution is 7.89. The number of alkyl halides is 3. The Morgan fingerprint density at radius 3 is 2.20 bits per heavy atom. The van der Waals surface area contributed by atoms with E-state index in [2.05, 4.69) is 10.0 Å². The van der Waals surface area contributed by atoms with E-state index in [-0.39, 0.29) is 12.5 Å². The summed E-state index contributed by atoms with van der Waals surface area (Å²) in [6.07, 6.45) is -4.77. The van der Waals surface area contributed by atoms with Gasteiger partial charge in [-0.2, -0.15) is 13.2 Å². The number of rotatable bonds is 5. The van der Waals surface area contributed by atoms with Gasteiger partial charge in [0.25, 0.3) is 0 Å². The van der Waals surface area contributed by atoms with Crippen molar-refractivity contribution in [1.29, 1.82) is 0 Å². The minimum atomic E-state index is -4.77. The highest BCUT2D eigenvalue weighted by Crippen LogP contribution is 2.33. The molecule has 134 valence electrons. The molecular weight excluding hydrogens is 357 g/mol. The standard InChI is InChI=1S/C16H15F3N2O3S/c1-11(22)21-13-8-6-12(7-9-13)10-20-25(23,24)15-5-3-2-4-14(15)16(17,18)19/h2-9,20H,10H2,1H3,(H,21,22). The van der Waals surface area contributed by atoms with Gasteiger partial charge in [0.1, 0.15) is 0 Å². The molecule has 0 saturated carbocycles. The topological polar surface area (TPSA) is 75.3 Å². The Bertz CT molecular complexity index is 863. The molecule has 0 aromatic heterocycles. The maximum Gasteiger partial charge on any atom is 0.417 e. The smallest absolute Gasteiger partial charge is 0.326 e. The molecule has 5 nitrogen and oxygen atoms in total. The first-order valence-corrected chi connectivity index (χ1v) is 8.60. The van der Waals surface area contributed by atoms with Gasteiger partial charge in [0.15, 0.2) is 0 Å². The molecule has 2 aromatic rings. The van der Waals surface area contributed by atoms with Gasteiger partial charge in [-0.1, -0.05) is 24.3 Å². The van der Waals surface area contributed by atoms with Gasteiger partial charge in [0.2, 0.25) is 15.9 Å². The van der Waals surface area contributed by atoms with E-state index in [1.165, 1.54) is 13.0 Å². The van der Waals surface area contributed by atoms with Crippen LogP contribution < -0.4 is 10.0 Å². The molecule has 0 heterocycles. The molecule has 2 rings (SSSR count). The number of carbonyl (C=O) groups excluding carboxylic acids is 1. The van der Waals surface area contributed by atoms with Crippen LogP contribution in [0.4, 0.5) is 18.9 Å². The molecule has 0 radical (unpaired) electrons. The molecule has 0 fully saturated rings.